The average Bonchev–Trinajstić information content (AvgIpc) is 2.44. The van der Waals surface area contributed by atoms with Gasteiger partial charge in [0.1, 0.15) is 11.2 Å². The van der Waals surface area contributed by atoms with Crippen LogP contribution in [0.2, 0.25) is 0 Å². The number of amides is 2. The highest BCUT2D eigenvalue weighted by Gasteiger charge is 2.32. The zero-order valence-corrected chi connectivity index (χ0v) is 18.0. The van der Waals surface area contributed by atoms with E-state index in [1.165, 1.54) is 9.80 Å². The second kappa shape index (κ2) is 10.4. The Morgan fingerprint density at radius 3 is 1.65 bits per heavy atom. The number of hydrogen-bond donors (Lipinski definition) is 0. The van der Waals surface area contributed by atoms with Crippen LogP contribution >= 0.6 is 0 Å². The van der Waals surface area contributed by atoms with Crippen LogP contribution in [0.1, 0.15) is 75.2 Å². The fraction of sp³-hybridized carbons (Fsp3) is 0.842. The third-order valence-corrected chi connectivity index (χ3v) is 3.06. The summed E-state index contributed by atoms with van der Waals surface area (Å²) in [5.74, 6) is 0.270. The number of rotatable bonds is 5. The molecule has 26 heavy (non-hydrogen) atoms. The lowest BCUT2D eigenvalue weighted by Crippen LogP contribution is -2.52. The maximum absolute atomic E-state index is 12.8. The fourth-order valence-electron chi connectivity index (χ4n) is 2.03. The monoisotopic (exact) mass is 371 g/mol. The number of ether oxygens (including phenoxy) is 2. The molecule has 0 heterocycles. The highest BCUT2D eigenvalue weighted by molar-refractivity contribution is 6.01. The topological polar surface area (TPSA) is 71.4 Å². The van der Waals surface area contributed by atoms with Gasteiger partial charge in [-0.25, -0.2) is 19.4 Å². The van der Waals surface area contributed by atoms with Gasteiger partial charge in [-0.05, 0) is 61.8 Å². The van der Waals surface area contributed by atoms with Gasteiger partial charge in [0.15, 0.2) is 0 Å². The number of hydrogen-bond acceptors (Lipinski definition) is 5. The minimum atomic E-state index is -0.637. The predicted octanol–water partition coefficient (Wildman–Crippen LogP) is 4.66. The summed E-state index contributed by atoms with van der Waals surface area (Å²) in [4.78, 5) is 32.6. The van der Waals surface area contributed by atoms with E-state index in [4.69, 9.17) is 9.47 Å². The Hall–Kier alpha value is -1.79. The summed E-state index contributed by atoms with van der Waals surface area (Å²) < 4.78 is 11.0. The summed E-state index contributed by atoms with van der Waals surface area (Å²) in [5, 5.41) is 0. The predicted molar refractivity (Wildman–Crippen MR) is 104 cm³/mol. The molecule has 0 saturated carbocycles. The van der Waals surface area contributed by atoms with Crippen LogP contribution in [0.25, 0.3) is 0 Å². The van der Waals surface area contributed by atoms with Crippen molar-refractivity contribution in [1.29, 1.82) is 0 Å². The number of carbonyl (C=O) groups is 2. The Balaban J connectivity index is 5.77. The van der Waals surface area contributed by atoms with Crippen molar-refractivity contribution < 1.29 is 19.1 Å². The lowest BCUT2D eigenvalue weighted by atomic mass is 10.2. The molecule has 7 heteroatoms. The van der Waals surface area contributed by atoms with Crippen molar-refractivity contribution in [2.75, 3.05) is 19.6 Å². The molecule has 152 valence electrons. The van der Waals surface area contributed by atoms with Gasteiger partial charge in [0, 0.05) is 19.6 Å². The van der Waals surface area contributed by atoms with E-state index < -0.39 is 23.4 Å². The van der Waals surface area contributed by atoms with Crippen LogP contribution in [0.15, 0.2) is 4.99 Å². The Morgan fingerprint density at radius 2 is 1.31 bits per heavy atom. The molecule has 0 rings (SSSR count). The molecule has 0 radical (unpaired) electrons. The minimum absolute atomic E-state index is 0.270. The molecule has 7 nitrogen and oxygen atoms in total. The molecule has 0 aliphatic heterocycles. The van der Waals surface area contributed by atoms with Crippen molar-refractivity contribution in [3.63, 3.8) is 0 Å². The third-order valence-electron chi connectivity index (χ3n) is 3.06. The first kappa shape index (κ1) is 24.2. The summed E-state index contributed by atoms with van der Waals surface area (Å²) >= 11 is 0. The van der Waals surface area contributed by atoms with E-state index in [0.717, 1.165) is 12.8 Å². The normalized spacial score (nSPS) is 12.6. The van der Waals surface area contributed by atoms with Crippen LogP contribution < -0.4 is 0 Å². The SMILES string of the molecule is CCCCN(C(=O)OC(C)(C)C)C(=NCC)N(CC)C(=O)OC(C)(C)C. The molecule has 0 atom stereocenters. The molecule has 0 bridgehead atoms. The molecular formula is C19H37N3O4. The van der Waals surface area contributed by atoms with Crippen molar-refractivity contribution >= 4 is 18.1 Å². The van der Waals surface area contributed by atoms with Crippen molar-refractivity contribution in [2.24, 2.45) is 4.99 Å². The van der Waals surface area contributed by atoms with Crippen LogP contribution in [0.3, 0.4) is 0 Å². The molecule has 0 fully saturated rings. The number of guanidine groups is 1. The second-order valence-corrected chi connectivity index (χ2v) is 7.98. The minimum Gasteiger partial charge on any atom is -0.443 e. The summed E-state index contributed by atoms with van der Waals surface area (Å²) in [7, 11) is 0. The van der Waals surface area contributed by atoms with E-state index in [-0.39, 0.29) is 5.96 Å². The van der Waals surface area contributed by atoms with Gasteiger partial charge in [0.25, 0.3) is 0 Å². The van der Waals surface area contributed by atoms with Crippen LogP contribution in [-0.4, -0.2) is 58.8 Å². The summed E-state index contributed by atoms with van der Waals surface area (Å²) in [5.41, 5.74) is -1.27. The first-order chi connectivity index (χ1) is 11.9. The highest BCUT2D eigenvalue weighted by atomic mass is 16.6. The molecule has 0 aromatic rings. The maximum Gasteiger partial charge on any atom is 0.417 e. The van der Waals surface area contributed by atoms with Crippen LogP contribution in [0.5, 0.6) is 0 Å². The zero-order valence-electron chi connectivity index (χ0n) is 18.0. The first-order valence-electron chi connectivity index (χ1n) is 9.41. The molecule has 0 N–H and O–H groups in total. The largest absolute Gasteiger partial charge is 0.443 e. The molecule has 0 saturated heterocycles. The number of carbonyl (C=O) groups excluding carboxylic acids is 2. The van der Waals surface area contributed by atoms with Crippen molar-refractivity contribution in [1.82, 2.24) is 9.80 Å². The maximum atomic E-state index is 12.8. The first-order valence-corrected chi connectivity index (χ1v) is 9.41. The van der Waals surface area contributed by atoms with Gasteiger partial charge in [0.2, 0.25) is 5.96 Å². The molecular weight excluding hydrogens is 334 g/mol. The van der Waals surface area contributed by atoms with Gasteiger partial charge in [-0.3, -0.25) is 4.99 Å². The van der Waals surface area contributed by atoms with Gasteiger partial charge < -0.3 is 9.47 Å². The lowest BCUT2D eigenvalue weighted by molar-refractivity contribution is 0.0281. The zero-order chi connectivity index (χ0) is 20.5. The molecule has 2 amide bonds. The number of unbranched alkanes of at least 4 members (excludes halogenated alkanes) is 1. The second-order valence-electron chi connectivity index (χ2n) is 7.98. The van der Waals surface area contributed by atoms with Crippen molar-refractivity contribution in [2.45, 2.75) is 86.4 Å². The molecule has 0 spiro atoms. The molecule has 0 aromatic carbocycles. The van der Waals surface area contributed by atoms with Gasteiger partial charge in [-0.15, -0.1) is 0 Å². The van der Waals surface area contributed by atoms with E-state index in [1.807, 2.05) is 41.5 Å². The smallest absolute Gasteiger partial charge is 0.417 e. The van der Waals surface area contributed by atoms with Crippen LogP contribution in [-0.2, 0) is 9.47 Å². The van der Waals surface area contributed by atoms with E-state index >= 15 is 0 Å². The Kier molecular flexibility index (Phi) is 9.67. The molecule has 0 aromatic heterocycles. The summed E-state index contributed by atoms with van der Waals surface area (Å²) in [6.07, 6.45) is 0.628. The van der Waals surface area contributed by atoms with E-state index in [1.54, 1.807) is 20.8 Å². The van der Waals surface area contributed by atoms with Gasteiger partial charge in [-0.1, -0.05) is 13.3 Å². The van der Waals surface area contributed by atoms with E-state index in [2.05, 4.69) is 4.99 Å². The molecule has 0 aliphatic rings. The van der Waals surface area contributed by atoms with Gasteiger partial charge in [0.05, 0.1) is 0 Å². The fourth-order valence-corrected chi connectivity index (χ4v) is 2.03. The lowest BCUT2D eigenvalue weighted by Gasteiger charge is -2.33. The average molecular weight is 372 g/mol. The standard InChI is InChI=1S/C19H37N3O4/c1-10-13-14-22(17(24)26-19(7,8)9)15(20-11-2)21(12-3)16(23)25-18(4,5)6/h10-14H2,1-9H3. The number of aliphatic imine (C=N–C) groups is 1. The van der Waals surface area contributed by atoms with Gasteiger partial charge in [-0.2, -0.15) is 0 Å². The molecule has 0 unspecified atom stereocenters. The van der Waals surface area contributed by atoms with Gasteiger partial charge >= 0.3 is 12.2 Å². The number of nitrogens with zero attached hydrogens (tertiary/aromatic N) is 3. The van der Waals surface area contributed by atoms with Crippen molar-refractivity contribution in [3.8, 4) is 0 Å². The van der Waals surface area contributed by atoms with Crippen molar-refractivity contribution in [3.05, 3.63) is 0 Å². The Bertz CT molecular complexity index is 490. The quantitative estimate of drug-likeness (QED) is 0.521. The molecule has 0 aliphatic carbocycles. The Labute approximate surface area is 158 Å². The Morgan fingerprint density at radius 1 is 0.846 bits per heavy atom. The third kappa shape index (κ3) is 9.06. The summed E-state index contributed by atoms with van der Waals surface area (Å²) in [6.45, 7) is 17.7. The van der Waals surface area contributed by atoms with E-state index in [0.29, 0.717) is 19.6 Å². The van der Waals surface area contributed by atoms with Crippen LogP contribution in [0.4, 0.5) is 9.59 Å². The summed E-state index contributed by atoms with van der Waals surface area (Å²) in [6, 6.07) is 0. The highest BCUT2D eigenvalue weighted by Crippen LogP contribution is 2.15. The van der Waals surface area contributed by atoms with E-state index in [9.17, 15) is 9.59 Å². The van der Waals surface area contributed by atoms with Crippen LogP contribution in [0, 0.1) is 0 Å².